The monoisotopic (exact) mass is 518 g/mol. The molecular formula is C30H40SiZr. The van der Waals surface area contributed by atoms with Crippen LogP contribution in [-0.4, -0.2) is 6.88 Å². The van der Waals surface area contributed by atoms with E-state index in [0.29, 0.717) is 9.54 Å². The molecule has 168 valence electrons. The normalized spacial score (nSPS) is 21.9. The summed E-state index contributed by atoms with van der Waals surface area (Å²) in [5.41, 5.74) is 12.1. The Morgan fingerprint density at radius 2 is 1.44 bits per heavy atom. The maximum atomic E-state index is 2.70. The van der Waals surface area contributed by atoms with E-state index < -0.39 is 17.4 Å². The van der Waals surface area contributed by atoms with Gasteiger partial charge in [-0.25, -0.2) is 0 Å². The molecule has 2 aliphatic carbocycles. The summed E-state index contributed by atoms with van der Waals surface area (Å²) in [5.74, 6) is 0.587. The van der Waals surface area contributed by atoms with Crippen LogP contribution >= 0.6 is 0 Å². The number of hydrogen-bond acceptors (Lipinski definition) is 0. The Morgan fingerprint density at radius 1 is 0.844 bits per heavy atom. The molecule has 0 heterocycles. The molecule has 2 aromatic carbocycles. The van der Waals surface area contributed by atoms with E-state index in [4.69, 9.17) is 0 Å². The molecule has 0 saturated carbocycles. The van der Waals surface area contributed by atoms with Crippen LogP contribution in [0.2, 0.25) is 9.26 Å². The van der Waals surface area contributed by atoms with Gasteiger partial charge in [0.15, 0.2) is 0 Å². The van der Waals surface area contributed by atoms with E-state index in [2.05, 4.69) is 119 Å². The molecule has 4 rings (SSSR count). The van der Waals surface area contributed by atoms with Crippen molar-refractivity contribution < 1.29 is 17.4 Å². The van der Waals surface area contributed by atoms with Crippen LogP contribution in [0.25, 0.3) is 5.57 Å². The molecule has 0 fully saturated rings. The van der Waals surface area contributed by atoms with Crippen LogP contribution in [0, 0.1) is 5.92 Å². The molecule has 0 aliphatic heterocycles. The summed E-state index contributed by atoms with van der Waals surface area (Å²) in [6, 6.07) is 18.6. The Bertz CT molecular complexity index is 1250. The molecule has 0 saturated heterocycles. The Kier molecular flexibility index (Phi) is 5.71. The van der Waals surface area contributed by atoms with Crippen molar-refractivity contribution >= 4 is 12.5 Å². The number of allylic oxidation sites excluding steroid dienone is 5. The van der Waals surface area contributed by atoms with E-state index in [9.17, 15) is 0 Å². The first kappa shape index (κ1) is 23.9. The average molecular weight is 520 g/mol. The van der Waals surface area contributed by atoms with Crippen LogP contribution in [0.3, 0.4) is 0 Å². The molecule has 0 aromatic heterocycles. The van der Waals surface area contributed by atoms with Gasteiger partial charge < -0.3 is 0 Å². The van der Waals surface area contributed by atoms with E-state index in [1.807, 2.05) is 3.28 Å². The minimum atomic E-state index is -3.34. The summed E-state index contributed by atoms with van der Waals surface area (Å²) in [4.78, 5) is 0. The molecule has 32 heavy (non-hydrogen) atoms. The van der Waals surface area contributed by atoms with E-state index >= 15 is 0 Å². The second-order valence-electron chi connectivity index (χ2n) is 12.4. The molecule has 0 bridgehead atoms. The molecule has 0 radical (unpaired) electrons. The molecule has 2 aromatic rings. The van der Waals surface area contributed by atoms with Gasteiger partial charge in [-0.3, -0.25) is 0 Å². The predicted molar refractivity (Wildman–Crippen MR) is 142 cm³/mol. The van der Waals surface area contributed by atoms with Crippen molar-refractivity contribution in [3.05, 3.63) is 96.9 Å². The molecule has 0 spiro atoms. The predicted octanol–water partition coefficient (Wildman–Crippen LogP) is 8.06. The van der Waals surface area contributed by atoms with Gasteiger partial charge in [0, 0.05) is 0 Å². The topological polar surface area (TPSA) is 0 Å². The second kappa shape index (κ2) is 7.64. The molecule has 2 aliphatic rings. The minimum absolute atomic E-state index is 0.182. The molecule has 0 N–H and O–H groups in total. The van der Waals surface area contributed by atoms with Crippen molar-refractivity contribution in [3.63, 3.8) is 0 Å². The van der Waals surface area contributed by atoms with Crippen molar-refractivity contribution in [1.82, 2.24) is 0 Å². The first-order valence-electron chi connectivity index (χ1n) is 12.1. The van der Waals surface area contributed by atoms with Gasteiger partial charge in [0.05, 0.1) is 0 Å². The van der Waals surface area contributed by atoms with Gasteiger partial charge >= 0.3 is 199 Å². The summed E-state index contributed by atoms with van der Waals surface area (Å²) in [7, 11) is 0. The van der Waals surface area contributed by atoms with Gasteiger partial charge in [-0.15, -0.1) is 0 Å². The van der Waals surface area contributed by atoms with Gasteiger partial charge in [-0.1, -0.05) is 0 Å². The quantitative estimate of drug-likeness (QED) is 0.360. The summed E-state index contributed by atoms with van der Waals surface area (Å²) < 4.78 is 7.77. The summed E-state index contributed by atoms with van der Waals surface area (Å²) in [5, 5.41) is 0. The third kappa shape index (κ3) is 3.67. The van der Waals surface area contributed by atoms with Gasteiger partial charge in [0.2, 0.25) is 0 Å². The first-order chi connectivity index (χ1) is 14.7. The van der Waals surface area contributed by atoms with E-state index in [1.165, 1.54) is 27.8 Å². The van der Waals surface area contributed by atoms with Gasteiger partial charge in [0.1, 0.15) is 0 Å². The molecule has 2 atom stereocenters. The van der Waals surface area contributed by atoms with Crippen molar-refractivity contribution in [2.45, 2.75) is 66.8 Å². The van der Waals surface area contributed by atoms with Crippen LogP contribution in [-0.2, 0) is 22.8 Å². The van der Waals surface area contributed by atoms with Crippen molar-refractivity contribution in [2.75, 3.05) is 0 Å². The van der Waals surface area contributed by atoms with Gasteiger partial charge in [-0.05, 0) is 0 Å². The Labute approximate surface area is 198 Å². The fourth-order valence-electron chi connectivity index (χ4n) is 6.39. The molecule has 2 unspecified atom stereocenters. The van der Waals surface area contributed by atoms with Crippen LogP contribution in [0.5, 0.6) is 0 Å². The number of hydrogen-bond donors (Lipinski definition) is 0. The Hall–Kier alpha value is -1.24. The van der Waals surface area contributed by atoms with Crippen LogP contribution in [0.15, 0.2) is 74.6 Å². The SMILES string of the molecule is CC1=C(C)C(C)[C]([Zr]([CH3])([CH3])(=[SiH2])[CH]2C=C(c3ccc(C(C)(C)C)cc3)c3ccccc32)=C1C. The number of benzene rings is 2. The zero-order valence-corrected chi connectivity index (χ0v) is 25.4. The summed E-state index contributed by atoms with van der Waals surface area (Å²) in [6.07, 6.45) is 2.66. The van der Waals surface area contributed by atoms with Crippen LogP contribution in [0.4, 0.5) is 0 Å². The van der Waals surface area contributed by atoms with Crippen molar-refractivity contribution in [3.8, 4) is 0 Å². The number of fused-ring (bicyclic) bond motifs is 1. The summed E-state index contributed by atoms with van der Waals surface area (Å²) in [6.45, 7) is 18.8. The third-order valence-corrected chi connectivity index (χ3v) is 25.8. The third-order valence-electron chi connectivity index (χ3n) is 8.50. The zero-order valence-electron chi connectivity index (χ0n) is 21.6. The first-order valence-corrected chi connectivity index (χ1v) is 25.6. The van der Waals surface area contributed by atoms with E-state index in [-0.39, 0.29) is 5.41 Å². The van der Waals surface area contributed by atoms with Crippen LogP contribution in [0.1, 0.15) is 74.3 Å². The number of rotatable bonds is 3. The standard InChI is InChI=1S/C19H19.C9H13.2CH3.H2Si.Zr/c1-19(2,3)16-11-8-15(9-12-16)18-13-10-14-6-4-5-7-17(14)18;1-6-5-7(2)9(4)8(6)3;;;;/h4-13H,1-3H3;6H,1-4H3;2*1H3;1H2;. The molecule has 0 amide bonds. The molecular weight excluding hydrogens is 480 g/mol. The summed E-state index contributed by atoms with van der Waals surface area (Å²) >= 11 is -3.34. The van der Waals surface area contributed by atoms with E-state index in [1.54, 1.807) is 16.7 Å². The second-order valence-corrected chi connectivity index (χ2v) is 41.9. The van der Waals surface area contributed by atoms with Crippen molar-refractivity contribution in [1.29, 1.82) is 0 Å². The maximum absolute atomic E-state index is 3.34. The fraction of sp³-hybridized carbons (Fsp3) is 0.400. The zero-order chi connectivity index (χ0) is 23.7. The average Bonchev–Trinajstić information content (AvgIpc) is 3.20. The molecule has 0 nitrogen and oxygen atoms in total. The van der Waals surface area contributed by atoms with Gasteiger partial charge in [-0.2, -0.15) is 0 Å². The van der Waals surface area contributed by atoms with Gasteiger partial charge in [0.25, 0.3) is 0 Å². The van der Waals surface area contributed by atoms with Crippen molar-refractivity contribution in [2.24, 2.45) is 5.92 Å². The fourth-order valence-corrected chi connectivity index (χ4v) is 24.9. The molecule has 2 heteroatoms. The van der Waals surface area contributed by atoms with E-state index in [0.717, 1.165) is 0 Å². The van der Waals surface area contributed by atoms with Crippen LogP contribution < -0.4 is 0 Å². The Morgan fingerprint density at radius 3 is 1.97 bits per heavy atom. The Balaban J connectivity index is 1.88.